The zero-order valence-electron chi connectivity index (χ0n) is 14.2. The van der Waals surface area contributed by atoms with E-state index in [0.717, 1.165) is 19.4 Å². The maximum atomic E-state index is 12.1. The molecule has 0 unspecified atom stereocenters. The molecule has 2 aliphatic rings. The molecule has 2 fully saturated rings. The van der Waals surface area contributed by atoms with E-state index in [0.29, 0.717) is 26.2 Å². The van der Waals surface area contributed by atoms with E-state index in [-0.39, 0.29) is 24.3 Å². The molecule has 2 aliphatic heterocycles. The number of hydrogen-bond donors (Lipinski definition) is 0. The number of hydrogen-bond acceptors (Lipinski definition) is 7. The average molecular weight is 329 g/mol. The molecule has 0 radical (unpaired) electrons. The molecular weight excluding hydrogens is 302 g/mol. The molecule has 0 aromatic heterocycles. The van der Waals surface area contributed by atoms with Crippen LogP contribution in [-0.2, 0) is 28.5 Å². The van der Waals surface area contributed by atoms with Gasteiger partial charge in [-0.05, 0) is 32.7 Å². The van der Waals surface area contributed by atoms with Gasteiger partial charge in [0.25, 0.3) is 0 Å². The van der Waals surface area contributed by atoms with Crippen molar-refractivity contribution in [2.75, 3.05) is 40.5 Å². The van der Waals surface area contributed by atoms with Gasteiger partial charge >= 0.3 is 11.9 Å². The number of carbonyl (C=O) groups is 2. The zero-order valence-corrected chi connectivity index (χ0v) is 14.2. The molecule has 132 valence electrons. The molecule has 23 heavy (non-hydrogen) atoms. The molecule has 0 N–H and O–H groups in total. The number of methoxy groups -OCH3 is 2. The van der Waals surface area contributed by atoms with E-state index < -0.39 is 11.8 Å². The molecule has 0 aromatic rings. The Morgan fingerprint density at radius 1 is 1.26 bits per heavy atom. The topological polar surface area (TPSA) is 74.3 Å². The molecule has 2 heterocycles. The second kappa shape index (κ2) is 8.08. The van der Waals surface area contributed by atoms with Crippen LogP contribution in [0.15, 0.2) is 0 Å². The predicted molar refractivity (Wildman–Crippen MR) is 81.7 cm³/mol. The Bertz CT molecular complexity index is 421. The Morgan fingerprint density at radius 2 is 1.96 bits per heavy atom. The summed E-state index contributed by atoms with van der Waals surface area (Å²) in [6.45, 7) is 4.67. The largest absolute Gasteiger partial charge is 0.469 e. The first-order valence-corrected chi connectivity index (χ1v) is 8.16. The minimum atomic E-state index is -0.582. The first-order chi connectivity index (χ1) is 11.0. The zero-order chi connectivity index (χ0) is 16.9. The molecule has 0 aromatic carbocycles. The Kier molecular flexibility index (Phi) is 6.38. The maximum Gasteiger partial charge on any atom is 0.323 e. The van der Waals surface area contributed by atoms with E-state index in [9.17, 15) is 9.59 Å². The van der Waals surface area contributed by atoms with Gasteiger partial charge in [0.2, 0.25) is 0 Å². The second-order valence-electron chi connectivity index (χ2n) is 6.20. The van der Waals surface area contributed by atoms with Crippen LogP contribution >= 0.6 is 0 Å². The van der Waals surface area contributed by atoms with Crippen molar-refractivity contribution in [1.29, 1.82) is 0 Å². The first kappa shape index (κ1) is 18.2. The minimum Gasteiger partial charge on any atom is -0.469 e. The number of nitrogens with zero attached hydrogens (tertiary/aromatic N) is 1. The van der Waals surface area contributed by atoms with Crippen LogP contribution in [0.2, 0.25) is 0 Å². The van der Waals surface area contributed by atoms with Crippen molar-refractivity contribution < 1.29 is 28.5 Å². The molecule has 2 saturated heterocycles. The third-order valence-electron chi connectivity index (χ3n) is 4.82. The maximum absolute atomic E-state index is 12.1. The first-order valence-electron chi connectivity index (χ1n) is 8.16. The van der Waals surface area contributed by atoms with E-state index in [1.165, 1.54) is 14.2 Å². The molecule has 0 aliphatic carbocycles. The summed E-state index contributed by atoms with van der Waals surface area (Å²) in [5.74, 6) is -1.01. The van der Waals surface area contributed by atoms with E-state index in [1.807, 2.05) is 6.92 Å². The molecule has 0 amide bonds. The van der Waals surface area contributed by atoms with Crippen molar-refractivity contribution in [2.45, 2.75) is 44.4 Å². The molecule has 0 saturated carbocycles. The fourth-order valence-corrected chi connectivity index (χ4v) is 3.43. The molecule has 0 spiro atoms. The van der Waals surface area contributed by atoms with Crippen LogP contribution in [0.3, 0.4) is 0 Å². The SMILES string of the molecule is COC(=O)CC[C@H](C(=O)OC)N1CCC[C@@H](C2(C)OCCO2)C1. The third kappa shape index (κ3) is 4.43. The second-order valence-corrected chi connectivity index (χ2v) is 6.20. The van der Waals surface area contributed by atoms with Crippen LogP contribution in [0, 0.1) is 5.92 Å². The fourth-order valence-electron chi connectivity index (χ4n) is 3.43. The van der Waals surface area contributed by atoms with Gasteiger partial charge in [-0.2, -0.15) is 0 Å². The van der Waals surface area contributed by atoms with Gasteiger partial charge in [0.05, 0.1) is 27.4 Å². The summed E-state index contributed by atoms with van der Waals surface area (Å²) < 4.78 is 21.1. The van der Waals surface area contributed by atoms with Crippen molar-refractivity contribution >= 4 is 11.9 Å². The summed E-state index contributed by atoms with van der Waals surface area (Å²) in [6, 6.07) is -0.438. The summed E-state index contributed by atoms with van der Waals surface area (Å²) in [5, 5.41) is 0. The Balaban J connectivity index is 2.02. The van der Waals surface area contributed by atoms with Crippen LogP contribution in [0.25, 0.3) is 0 Å². The highest BCUT2D eigenvalue weighted by Crippen LogP contribution is 2.35. The lowest BCUT2D eigenvalue weighted by Gasteiger charge is -2.42. The highest BCUT2D eigenvalue weighted by atomic mass is 16.7. The summed E-state index contributed by atoms with van der Waals surface area (Å²) in [4.78, 5) is 25.6. The normalized spacial score (nSPS) is 25.8. The van der Waals surface area contributed by atoms with Gasteiger partial charge in [-0.15, -0.1) is 0 Å². The molecule has 7 nitrogen and oxygen atoms in total. The van der Waals surface area contributed by atoms with Crippen LogP contribution in [0.4, 0.5) is 0 Å². The van der Waals surface area contributed by atoms with Gasteiger partial charge in [-0.25, -0.2) is 0 Å². The van der Waals surface area contributed by atoms with Crippen molar-refractivity contribution in [1.82, 2.24) is 4.90 Å². The van der Waals surface area contributed by atoms with Gasteiger partial charge in [0.1, 0.15) is 6.04 Å². The number of likely N-dealkylation sites (tertiary alicyclic amines) is 1. The third-order valence-corrected chi connectivity index (χ3v) is 4.82. The van der Waals surface area contributed by atoms with Crippen molar-refractivity contribution in [3.8, 4) is 0 Å². The lowest BCUT2D eigenvalue weighted by Crippen LogP contribution is -2.52. The average Bonchev–Trinajstić information content (AvgIpc) is 3.02. The number of esters is 2. The van der Waals surface area contributed by atoms with Crippen LogP contribution in [0.5, 0.6) is 0 Å². The summed E-state index contributed by atoms with van der Waals surface area (Å²) in [7, 11) is 2.72. The fraction of sp³-hybridized carbons (Fsp3) is 0.875. The van der Waals surface area contributed by atoms with Crippen LogP contribution < -0.4 is 0 Å². The summed E-state index contributed by atoms with van der Waals surface area (Å²) in [6.07, 6.45) is 2.54. The van der Waals surface area contributed by atoms with E-state index in [2.05, 4.69) is 9.64 Å². The van der Waals surface area contributed by atoms with Crippen LogP contribution in [0.1, 0.15) is 32.6 Å². The highest BCUT2D eigenvalue weighted by molar-refractivity contribution is 5.77. The smallest absolute Gasteiger partial charge is 0.323 e. The monoisotopic (exact) mass is 329 g/mol. The van der Waals surface area contributed by atoms with E-state index in [4.69, 9.17) is 14.2 Å². The summed E-state index contributed by atoms with van der Waals surface area (Å²) in [5.41, 5.74) is 0. The minimum absolute atomic E-state index is 0.196. The molecule has 2 atom stereocenters. The molecule has 0 bridgehead atoms. The van der Waals surface area contributed by atoms with Gasteiger partial charge < -0.3 is 18.9 Å². The van der Waals surface area contributed by atoms with Gasteiger partial charge in [-0.1, -0.05) is 0 Å². The molecule has 2 rings (SSSR count). The Morgan fingerprint density at radius 3 is 2.57 bits per heavy atom. The van der Waals surface area contributed by atoms with E-state index >= 15 is 0 Å². The molecular formula is C16H27NO6. The number of ether oxygens (including phenoxy) is 4. The predicted octanol–water partition coefficient (Wildman–Crippen LogP) is 0.956. The van der Waals surface area contributed by atoms with Gasteiger partial charge in [0, 0.05) is 18.9 Å². The van der Waals surface area contributed by atoms with Gasteiger partial charge in [-0.3, -0.25) is 14.5 Å². The Labute approximate surface area is 137 Å². The standard InChI is InChI=1S/C16H27NO6/c1-16(22-9-10-23-16)12-5-4-8-17(11-12)13(15(19)21-3)6-7-14(18)20-2/h12-13H,4-11H2,1-3H3/t12-,13-/m1/s1. The van der Waals surface area contributed by atoms with E-state index in [1.54, 1.807) is 0 Å². The lowest BCUT2D eigenvalue weighted by molar-refractivity contribution is -0.195. The number of carbonyl (C=O) groups excluding carboxylic acids is 2. The van der Waals surface area contributed by atoms with Gasteiger partial charge in [0.15, 0.2) is 5.79 Å². The quantitative estimate of drug-likeness (QED) is 0.672. The Hall–Kier alpha value is -1.18. The highest BCUT2D eigenvalue weighted by Gasteiger charge is 2.43. The number of piperidine rings is 1. The van der Waals surface area contributed by atoms with Crippen molar-refractivity contribution in [3.05, 3.63) is 0 Å². The van der Waals surface area contributed by atoms with Crippen LogP contribution in [-0.4, -0.2) is 69.2 Å². The van der Waals surface area contributed by atoms with Crippen molar-refractivity contribution in [3.63, 3.8) is 0 Å². The number of rotatable bonds is 6. The molecule has 7 heteroatoms. The van der Waals surface area contributed by atoms with Crippen molar-refractivity contribution in [2.24, 2.45) is 5.92 Å². The lowest BCUT2D eigenvalue weighted by atomic mass is 9.89. The summed E-state index contributed by atoms with van der Waals surface area (Å²) >= 11 is 0.